The van der Waals surface area contributed by atoms with Crippen molar-refractivity contribution in [1.29, 1.82) is 0 Å². The lowest BCUT2D eigenvalue weighted by atomic mass is 10.1. The van der Waals surface area contributed by atoms with E-state index in [1.54, 1.807) is 11.3 Å². The molecule has 0 fully saturated rings. The van der Waals surface area contributed by atoms with Crippen LogP contribution in [0, 0.1) is 0 Å². The zero-order chi connectivity index (χ0) is 41.4. The van der Waals surface area contributed by atoms with Crippen LogP contribution >= 0.6 is 11.3 Å². The van der Waals surface area contributed by atoms with E-state index in [1.165, 1.54) is 25.6 Å². The molecule has 0 amide bonds. The summed E-state index contributed by atoms with van der Waals surface area (Å²) in [4.78, 5) is 24.9. The first-order valence-electron chi connectivity index (χ1n) is 20.9. The van der Waals surface area contributed by atoms with Crippen LogP contribution in [0.25, 0.3) is 121 Å². The predicted octanol–water partition coefficient (Wildman–Crippen LogP) is 13.9. The molecule has 13 rings (SSSR count). The predicted molar refractivity (Wildman–Crippen MR) is 259 cm³/mol. The molecule has 0 saturated heterocycles. The quantitative estimate of drug-likeness (QED) is 0.167. The van der Waals surface area contributed by atoms with Gasteiger partial charge in [0.15, 0.2) is 5.82 Å². The second kappa shape index (κ2) is 14.1. The van der Waals surface area contributed by atoms with Crippen molar-refractivity contribution < 1.29 is 0 Å². The van der Waals surface area contributed by atoms with Crippen molar-refractivity contribution in [3.8, 4) is 56.8 Å². The molecule has 0 spiro atoms. The summed E-state index contributed by atoms with van der Waals surface area (Å²) in [5.41, 5.74) is 12.1. The largest absolute Gasteiger partial charge is 0.309 e. The van der Waals surface area contributed by atoms with E-state index in [0.717, 1.165) is 83.2 Å². The molecule has 0 N–H and O–H groups in total. The van der Waals surface area contributed by atoms with Crippen molar-refractivity contribution in [2.75, 3.05) is 0 Å². The average molecular weight is 824 g/mol. The SMILES string of the molecule is c1ccc(-c2cc(-c3ccccc3)nc(-n3c4ccccc4c4cc(-c5ccnc(-c6ccc7c(c6)c6ccccc6n7-c6ccc7sc8ccncc8c7c6)n5)ccc43)n2)cc1. The van der Waals surface area contributed by atoms with Crippen LogP contribution in [0.1, 0.15) is 0 Å². The first-order chi connectivity index (χ1) is 31.2. The summed E-state index contributed by atoms with van der Waals surface area (Å²) in [6.07, 6.45) is 5.70. The highest BCUT2D eigenvalue weighted by atomic mass is 32.1. The number of benzene rings is 7. The molecule has 0 aliphatic rings. The van der Waals surface area contributed by atoms with Gasteiger partial charge in [-0.2, -0.15) is 0 Å². The third-order valence-corrected chi connectivity index (χ3v) is 13.3. The van der Waals surface area contributed by atoms with Crippen LogP contribution in [-0.4, -0.2) is 34.1 Å². The molecule has 0 saturated carbocycles. The molecule has 0 bridgehead atoms. The van der Waals surface area contributed by atoms with E-state index >= 15 is 0 Å². The lowest BCUT2D eigenvalue weighted by Gasteiger charge is -2.12. The monoisotopic (exact) mass is 823 g/mol. The number of thiophene rings is 1. The van der Waals surface area contributed by atoms with Gasteiger partial charge in [0.2, 0.25) is 5.95 Å². The van der Waals surface area contributed by atoms with Crippen LogP contribution in [-0.2, 0) is 0 Å². The van der Waals surface area contributed by atoms with E-state index in [1.807, 2.05) is 61.1 Å². The second-order valence-corrected chi connectivity index (χ2v) is 16.8. The Hall–Kier alpha value is -8.33. The minimum atomic E-state index is 0.619. The summed E-state index contributed by atoms with van der Waals surface area (Å²) in [5, 5.41) is 6.94. The zero-order valence-corrected chi connectivity index (χ0v) is 34.4. The minimum Gasteiger partial charge on any atom is -0.309 e. The Morgan fingerprint density at radius 2 is 0.968 bits per heavy atom. The molecule has 6 aromatic heterocycles. The lowest BCUT2D eigenvalue weighted by molar-refractivity contribution is 0.995. The molecule has 7 nitrogen and oxygen atoms in total. The van der Waals surface area contributed by atoms with Gasteiger partial charge in [-0.05, 0) is 78.9 Å². The number of pyridine rings is 1. The van der Waals surface area contributed by atoms with Crippen molar-refractivity contribution >= 4 is 75.1 Å². The van der Waals surface area contributed by atoms with E-state index in [-0.39, 0.29) is 0 Å². The normalized spacial score (nSPS) is 11.8. The van der Waals surface area contributed by atoms with Gasteiger partial charge >= 0.3 is 0 Å². The molecular weight excluding hydrogens is 791 g/mol. The molecule has 0 aliphatic heterocycles. The van der Waals surface area contributed by atoms with Gasteiger partial charge in [-0.25, -0.2) is 19.9 Å². The maximum Gasteiger partial charge on any atom is 0.235 e. The number of fused-ring (bicyclic) bond motifs is 9. The molecule has 8 heteroatoms. The highest BCUT2D eigenvalue weighted by molar-refractivity contribution is 7.25. The van der Waals surface area contributed by atoms with Crippen molar-refractivity contribution in [1.82, 2.24) is 34.1 Å². The van der Waals surface area contributed by atoms with Crippen LogP contribution in [0.3, 0.4) is 0 Å². The van der Waals surface area contributed by atoms with Crippen molar-refractivity contribution in [3.63, 3.8) is 0 Å². The van der Waals surface area contributed by atoms with Gasteiger partial charge < -0.3 is 4.57 Å². The Balaban J connectivity index is 0.920. The van der Waals surface area contributed by atoms with Gasteiger partial charge in [0.1, 0.15) is 0 Å². The molecule has 7 aromatic carbocycles. The van der Waals surface area contributed by atoms with E-state index in [4.69, 9.17) is 19.9 Å². The highest BCUT2D eigenvalue weighted by Crippen LogP contribution is 2.40. The van der Waals surface area contributed by atoms with Crippen LogP contribution in [0.4, 0.5) is 0 Å². The molecule has 0 aliphatic carbocycles. The van der Waals surface area contributed by atoms with Gasteiger partial charge in [0.25, 0.3) is 0 Å². The summed E-state index contributed by atoms with van der Waals surface area (Å²) in [6, 6.07) is 63.8. The fourth-order valence-electron chi connectivity index (χ4n) is 9.19. The van der Waals surface area contributed by atoms with Crippen LogP contribution in [0.15, 0.2) is 201 Å². The summed E-state index contributed by atoms with van der Waals surface area (Å²) >= 11 is 1.80. The first kappa shape index (κ1) is 35.4. The molecule has 294 valence electrons. The maximum absolute atomic E-state index is 5.21. The summed E-state index contributed by atoms with van der Waals surface area (Å²) in [5.74, 6) is 1.29. The number of nitrogens with zero attached hydrogens (tertiary/aromatic N) is 7. The van der Waals surface area contributed by atoms with Crippen molar-refractivity contribution in [2.24, 2.45) is 0 Å². The number of hydrogen-bond donors (Lipinski definition) is 0. The Morgan fingerprint density at radius 3 is 1.70 bits per heavy atom. The molecule has 0 radical (unpaired) electrons. The fourth-order valence-corrected chi connectivity index (χ4v) is 10.2. The summed E-state index contributed by atoms with van der Waals surface area (Å²) < 4.78 is 7.05. The fraction of sp³-hybridized carbons (Fsp3) is 0. The summed E-state index contributed by atoms with van der Waals surface area (Å²) in [7, 11) is 0. The Morgan fingerprint density at radius 1 is 0.365 bits per heavy atom. The Kier molecular flexibility index (Phi) is 7.94. The van der Waals surface area contributed by atoms with E-state index in [2.05, 4.69) is 154 Å². The standard InChI is InChI=1S/C55H33N7S/c1-3-11-34(12-4-1)46-32-47(35-13-5-2-6-14-35)60-55(59-46)62-49-18-10-8-16-40(49)41-29-36(19-22-51(41)62)45-25-28-57-54(58-45)37-20-23-50-42(30-37)39-15-7-9-17-48(39)61(50)38-21-24-52-43(31-38)44-33-56-27-26-53(44)63-52/h1-33H. The third-order valence-electron chi connectivity index (χ3n) is 12.1. The molecule has 63 heavy (non-hydrogen) atoms. The number of rotatable bonds is 6. The van der Waals surface area contributed by atoms with Crippen molar-refractivity contribution in [3.05, 3.63) is 201 Å². The highest BCUT2D eigenvalue weighted by Gasteiger charge is 2.19. The molecule has 0 unspecified atom stereocenters. The van der Waals surface area contributed by atoms with Gasteiger partial charge in [0.05, 0.1) is 39.1 Å². The molecule has 0 atom stereocenters. The molecule has 6 heterocycles. The van der Waals surface area contributed by atoms with Crippen LogP contribution in [0.5, 0.6) is 0 Å². The van der Waals surface area contributed by atoms with E-state index in [0.29, 0.717) is 11.8 Å². The molecular formula is C55H33N7S. The topological polar surface area (TPSA) is 74.3 Å². The minimum absolute atomic E-state index is 0.619. The van der Waals surface area contributed by atoms with Crippen molar-refractivity contribution in [2.45, 2.75) is 0 Å². The maximum atomic E-state index is 5.21. The Bertz CT molecular complexity index is 3870. The number of hydrogen-bond acceptors (Lipinski definition) is 6. The van der Waals surface area contributed by atoms with E-state index < -0.39 is 0 Å². The first-order valence-corrected chi connectivity index (χ1v) is 21.7. The molecule has 13 aromatic rings. The smallest absolute Gasteiger partial charge is 0.235 e. The van der Waals surface area contributed by atoms with Gasteiger partial charge in [-0.3, -0.25) is 9.55 Å². The van der Waals surface area contributed by atoms with Crippen LogP contribution in [0.2, 0.25) is 0 Å². The Labute approximate surface area is 364 Å². The number of para-hydroxylation sites is 2. The summed E-state index contributed by atoms with van der Waals surface area (Å²) in [6.45, 7) is 0. The zero-order valence-electron chi connectivity index (χ0n) is 33.6. The van der Waals surface area contributed by atoms with E-state index in [9.17, 15) is 0 Å². The van der Waals surface area contributed by atoms with Gasteiger partial charge in [-0.15, -0.1) is 11.3 Å². The average Bonchev–Trinajstić information content (AvgIpc) is 4.01. The van der Waals surface area contributed by atoms with Crippen LogP contribution < -0.4 is 0 Å². The third kappa shape index (κ3) is 5.76. The second-order valence-electron chi connectivity index (χ2n) is 15.8. The van der Waals surface area contributed by atoms with Gasteiger partial charge in [-0.1, -0.05) is 103 Å². The number of aromatic nitrogens is 7. The van der Waals surface area contributed by atoms with Gasteiger partial charge in [0, 0.05) is 88.2 Å². The lowest BCUT2D eigenvalue weighted by Crippen LogP contribution is -2.04.